The van der Waals surface area contributed by atoms with Gasteiger partial charge in [-0.15, -0.1) is 0 Å². The number of rotatable bonds is 8. The van der Waals surface area contributed by atoms with Gasteiger partial charge in [0.2, 0.25) is 0 Å². The lowest BCUT2D eigenvalue weighted by atomic mass is 9.98. The number of hydrogen-bond acceptors (Lipinski definition) is 4. The fourth-order valence-electron chi connectivity index (χ4n) is 3.07. The minimum absolute atomic E-state index is 0.0413. The van der Waals surface area contributed by atoms with E-state index in [4.69, 9.17) is 14.2 Å². The first kappa shape index (κ1) is 23.0. The van der Waals surface area contributed by atoms with Crippen LogP contribution >= 0.6 is 0 Å². The highest BCUT2D eigenvalue weighted by molar-refractivity contribution is 5.78. The molecule has 0 spiro atoms. The Morgan fingerprint density at radius 3 is 1.84 bits per heavy atom. The van der Waals surface area contributed by atoms with E-state index in [2.05, 4.69) is 5.32 Å². The number of ether oxygens (including phenoxy) is 3. The van der Waals surface area contributed by atoms with Gasteiger partial charge in [-0.25, -0.2) is 0 Å². The minimum Gasteiger partial charge on any atom is -0.497 e. The first-order valence-corrected chi connectivity index (χ1v) is 9.67. The van der Waals surface area contributed by atoms with Gasteiger partial charge in [-0.1, -0.05) is 30.3 Å². The molecule has 8 heteroatoms. The molecule has 1 N–H and O–H groups in total. The summed E-state index contributed by atoms with van der Waals surface area (Å²) in [5, 5.41) is 2.87. The Morgan fingerprint density at radius 2 is 1.38 bits per heavy atom. The summed E-state index contributed by atoms with van der Waals surface area (Å²) in [6.07, 6.45) is -4.49. The zero-order chi connectivity index (χ0) is 23.1. The van der Waals surface area contributed by atoms with Crippen LogP contribution in [0.15, 0.2) is 72.8 Å². The van der Waals surface area contributed by atoms with Crippen LogP contribution < -0.4 is 19.5 Å². The van der Waals surface area contributed by atoms with Gasteiger partial charge in [-0.05, 0) is 53.6 Å². The quantitative estimate of drug-likeness (QED) is 0.530. The summed E-state index contributed by atoms with van der Waals surface area (Å²) in [4.78, 5) is 12.6. The Morgan fingerprint density at radius 1 is 0.844 bits per heavy atom. The third-order valence-corrected chi connectivity index (χ3v) is 4.73. The molecule has 3 aromatic rings. The van der Waals surface area contributed by atoms with Crippen molar-refractivity contribution in [2.45, 2.75) is 12.2 Å². The van der Waals surface area contributed by atoms with Crippen molar-refractivity contribution < 1.29 is 32.2 Å². The molecule has 32 heavy (non-hydrogen) atoms. The fourth-order valence-corrected chi connectivity index (χ4v) is 3.07. The Balaban J connectivity index is 1.75. The van der Waals surface area contributed by atoms with Gasteiger partial charge in [0.15, 0.2) is 6.61 Å². The summed E-state index contributed by atoms with van der Waals surface area (Å²) in [6, 6.07) is 18.3. The van der Waals surface area contributed by atoms with Crippen LogP contribution in [0.2, 0.25) is 0 Å². The van der Waals surface area contributed by atoms with Crippen LogP contribution in [0.4, 0.5) is 13.2 Å². The van der Waals surface area contributed by atoms with Crippen molar-refractivity contribution >= 4 is 5.91 Å². The van der Waals surface area contributed by atoms with E-state index in [1.165, 1.54) is 12.1 Å². The lowest BCUT2D eigenvalue weighted by Crippen LogP contribution is -2.33. The molecule has 0 heterocycles. The van der Waals surface area contributed by atoms with E-state index < -0.39 is 30.3 Å². The lowest BCUT2D eigenvalue weighted by Gasteiger charge is -2.21. The fraction of sp³-hybridized carbons (Fsp3) is 0.208. The third-order valence-electron chi connectivity index (χ3n) is 4.73. The van der Waals surface area contributed by atoms with Crippen LogP contribution in [0, 0.1) is 0 Å². The zero-order valence-corrected chi connectivity index (χ0v) is 17.5. The molecule has 0 aliphatic carbocycles. The van der Waals surface area contributed by atoms with Crippen LogP contribution in [-0.2, 0) is 11.0 Å². The smallest absolute Gasteiger partial charge is 0.416 e. The Hall–Kier alpha value is -3.68. The number of hydrogen-bond donors (Lipinski definition) is 1. The normalized spacial score (nSPS) is 11.2. The topological polar surface area (TPSA) is 56.8 Å². The standard InChI is InChI=1S/C24H22F3NO4/c1-30-19-10-6-16(7-11-19)23(17-8-12-20(31-2)13-9-17)28-22(29)15-32-21-5-3-4-18(14-21)24(25,26)27/h3-14,23H,15H2,1-2H3,(H,28,29). The zero-order valence-electron chi connectivity index (χ0n) is 17.5. The highest BCUT2D eigenvalue weighted by atomic mass is 19.4. The predicted molar refractivity (Wildman–Crippen MR) is 113 cm³/mol. The van der Waals surface area contributed by atoms with Crippen LogP contribution in [0.5, 0.6) is 17.2 Å². The van der Waals surface area contributed by atoms with E-state index in [0.717, 1.165) is 23.3 Å². The minimum atomic E-state index is -4.49. The van der Waals surface area contributed by atoms with E-state index in [9.17, 15) is 18.0 Å². The molecule has 3 rings (SSSR count). The molecule has 1 amide bonds. The molecule has 0 atom stereocenters. The molecule has 0 saturated heterocycles. The molecular weight excluding hydrogens is 423 g/mol. The van der Waals surface area contributed by atoms with Crippen molar-refractivity contribution in [3.05, 3.63) is 89.5 Å². The number of carbonyl (C=O) groups is 1. The van der Waals surface area contributed by atoms with Gasteiger partial charge in [0.1, 0.15) is 17.2 Å². The maximum atomic E-state index is 12.9. The number of halogens is 3. The van der Waals surface area contributed by atoms with Gasteiger partial charge in [-0.2, -0.15) is 13.2 Å². The molecule has 0 radical (unpaired) electrons. The highest BCUT2D eigenvalue weighted by Crippen LogP contribution is 2.31. The maximum Gasteiger partial charge on any atom is 0.416 e. The van der Waals surface area contributed by atoms with E-state index in [-0.39, 0.29) is 5.75 Å². The first-order chi connectivity index (χ1) is 15.3. The van der Waals surface area contributed by atoms with Crippen LogP contribution in [0.3, 0.4) is 0 Å². The van der Waals surface area contributed by atoms with Crippen LogP contribution in [0.25, 0.3) is 0 Å². The summed E-state index contributed by atoms with van der Waals surface area (Å²) in [5.41, 5.74) is 0.747. The molecule has 0 bridgehead atoms. The second-order valence-corrected chi connectivity index (χ2v) is 6.86. The third kappa shape index (κ3) is 5.94. The number of nitrogens with one attached hydrogen (secondary N) is 1. The largest absolute Gasteiger partial charge is 0.497 e. The van der Waals surface area contributed by atoms with Crippen LogP contribution in [-0.4, -0.2) is 26.7 Å². The predicted octanol–water partition coefficient (Wildman–Crippen LogP) is 5.01. The van der Waals surface area contributed by atoms with Crippen molar-refractivity contribution in [1.82, 2.24) is 5.32 Å². The second-order valence-electron chi connectivity index (χ2n) is 6.86. The number of carbonyl (C=O) groups excluding carboxylic acids is 1. The van der Waals surface area contributed by atoms with E-state index >= 15 is 0 Å². The number of methoxy groups -OCH3 is 2. The Kier molecular flexibility index (Phi) is 7.25. The van der Waals surface area contributed by atoms with E-state index in [0.29, 0.717) is 11.5 Å². The summed E-state index contributed by atoms with van der Waals surface area (Å²) in [7, 11) is 3.12. The number of amides is 1. The molecule has 168 valence electrons. The van der Waals surface area contributed by atoms with Crippen LogP contribution in [0.1, 0.15) is 22.7 Å². The van der Waals surface area contributed by atoms with E-state index in [1.54, 1.807) is 38.5 Å². The van der Waals surface area contributed by atoms with Gasteiger partial charge >= 0.3 is 6.18 Å². The summed E-state index contributed by atoms with van der Waals surface area (Å²) in [5.74, 6) is 0.808. The number of alkyl halides is 3. The molecule has 5 nitrogen and oxygen atoms in total. The van der Waals surface area contributed by atoms with Crippen molar-refractivity contribution in [2.24, 2.45) is 0 Å². The molecule has 0 saturated carbocycles. The van der Waals surface area contributed by atoms with Gasteiger partial charge < -0.3 is 19.5 Å². The monoisotopic (exact) mass is 445 g/mol. The summed E-state index contributed by atoms with van der Waals surface area (Å²) >= 11 is 0. The van der Waals surface area contributed by atoms with Crippen molar-refractivity contribution in [3.63, 3.8) is 0 Å². The molecule has 0 aliphatic rings. The molecule has 0 aromatic heterocycles. The van der Waals surface area contributed by atoms with E-state index in [1.807, 2.05) is 24.3 Å². The van der Waals surface area contributed by atoms with Crippen molar-refractivity contribution in [2.75, 3.05) is 20.8 Å². The molecule has 0 fully saturated rings. The number of benzene rings is 3. The lowest BCUT2D eigenvalue weighted by molar-refractivity contribution is -0.137. The van der Waals surface area contributed by atoms with Gasteiger partial charge in [0, 0.05) is 0 Å². The van der Waals surface area contributed by atoms with Crippen molar-refractivity contribution in [3.8, 4) is 17.2 Å². The maximum absolute atomic E-state index is 12.9. The SMILES string of the molecule is COc1ccc(C(NC(=O)COc2cccc(C(F)(F)F)c2)c2ccc(OC)cc2)cc1. The molecular formula is C24H22F3NO4. The van der Waals surface area contributed by atoms with Crippen molar-refractivity contribution in [1.29, 1.82) is 0 Å². The second kappa shape index (κ2) is 10.1. The summed E-state index contributed by atoms with van der Waals surface area (Å²) in [6.45, 7) is -0.440. The average Bonchev–Trinajstić information content (AvgIpc) is 2.81. The van der Waals surface area contributed by atoms with Gasteiger partial charge in [-0.3, -0.25) is 4.79 Å². The first-order valence-electron chi connectivity index (χ1n) is 9.67. The van der Waals surface area contributed by atoms with Gasteiger partial charge in [0.25, 0.3) is 5.91 Å². The summed E-state index contributed by atoms with van der Waals surface area (Å²) < 4.78 is 54.3. The highest BCUT2D eigenvalue weighted by Gasteiger charge is 2.30. The molecule has 3 aromatic carbocycles. The molecule has 0 unspecified atom stereocenters. The Labute approximate surface area is 183 Å². The average molecular weight is 445 g/mol. The molecule has 0 aliphatic heterocycles. The Bertz CT molecular complexity index is 987. The van der Waals surface area contributed by atoms with Gasteiger partial charge in [0.05, 0.1) is 25.8 Å².